The first kappa shape index (κ1) is 26.0. The van der Waals surface area contributed by atoms with Gasteiger partial charge in [0, 0.05) is 25.5 Å². The molecule has 3 amide bonds. The summed E-state index contributed by atoms with van der Waals surface area (Å²) >= 11 is 0. The molecule has 2 aliphatic heterocycles. The van der Waals surface area contributed by atoms with E-state index < -0.39 is 42.1 Å². The van der Waals surface area contributed by atoms with E-state index >= 15 is 0 Å². The van der Waals surface area contributed by atoms with Gasteiger partial charge in [-0.1, -0.05) is 6.92 Å². The van der Waals surface area contributed by atoms with Crippen molar-refractivity contribution in [1.82, 2.24) is 25.5 Å². The predicted octanol–water partition coefficient (Wildman–Crippen LogP) is 0.350. The molecule has 11 nitrogen and oxygen atoms in total. The number of aromatic nitrogens is 2. The van der Waals surface area contributed by atoms with Crippen LogP contribution in [0.25, 0.3) is 0 Å². The second kappa shape index (κ2) is 10.8. The van der Waals surface area contributed by atoms with Crippen molar-refractivity contribution in [3.05, 3.63) is 24.3 Å². The number of carbonyl (C=O) groups is 3. The van der Waals surface area contributed by atoms with E-state index in [0.29, 0.717) is 32.7 Å². The van der Waals surface area contributed by atoms with Crippen molar-refractivity contribution < 1.29 is 28.4 Å². The zero-order valence-corrected chi connectivity index (χ0v) is 20.5. The Hall–Kier alpha value is -2.57. The fourth-order valence-electron chi connectivity index (χ4n) is 3.67. The van der Waals surface area contributed by atoms with Crippen molar-refractivity contribution in [3.63, 3.8) is 0 Å². The first-order valence-electron chi connectivity index (χ1n) is 11.6. The molecule has 1 aromatic rings. The van der Waals surface area contributed by atoms with Crippen molar-refractivity contribution in [2.24, 2.45) is 0 Å². The monoisotopic (exact) mass is 475 g/mol. The van der Waals surface area contributed by atoms with Crippen LogP contribution in [0.15, 0.2) is 18.6 Å². The number of amides is 3. The summed E-state index contributed by atoms with van der Waals surface area (Å²) in [7, 11) is -0.662. The van der Waals surface area contributed by atoms with E-state index in [2.05, 4.69) is 20.6 Å². The fraction of sp³-hybridized carbons (Fsp3) is 0.682. The van der Waals surface area contributed by atoms with Crippen LogP contribution in [-0.4, -0.2) is 89.2 Å². The largest absolute Gasteiger partial charge is 0.481 e. The van der Waals surface area contributed by atoms with Gasteiger partial charge in [-0.3, -0.25) is 19.4 Å². The van der Waals surface area contributed by atoms with Gasteiger partial charge in [0.25, 0.3) is 5.91 Å². The lowest BCUT2D eigenvalue weighted by Crippen LogP contribution is -2.56. The summed E-state index contributed by atoms with van der Waals surface area (Å²) in [5.74, 6) is -1.80. The number of nitrogens with one attached hydrogen (secondary N) is 2. The number of ether oxygens (including phenoxy) is 1. The van der Waals surface area contributed by atoms with Crippen molar-refractivity contribution in [3.8, 4) is 0 Å². The Morgan fingerprint density at radius 2 is 1.74 bits per heavy atom. The summed E-state index contributed by atoms with van der Waals surface area (Å²) in [6.07, 6.45) is 4.46. The Bertz CT molecular complexity index is 862. The average molecular weight is 475 g/mol. The van der Waals surface area contributed by atoms with Crippen LogP contribution in [0.4, 0.5) is 0 Å². The molecule has 0 spiro atoms. The molecular formula is C22H34BN5O6. The van der Waals surface area contributed by atoms with Gasteiger partial charge in [0.15, 0.2) is 0 Å². The topological polar surface area (TPSA) is 132 Å². The van der Waals surface area contributed by atoms with Gasteiger partial charge in [-0.2, -0.15) is 0 Å². The third kappa shape index (κ3) is 6.11. The predicted molar refractivity (Wildman–Crippen MR) is 124 cm³/mol. The number of carbonyl (C=O) groups excluding carboxylic acids is 3. The summed E-state index contributed by atoms with van der Waals surface area (Å²) in [6, 6.07) is -1.11. The number of morpholine rings is 1. The molecule has 2 atom stereocenters. The van der Waals surface area contributed by atoms with E-state index in [1.165, 1.54) is 18.6 Å². The van der Waals surface area contributed by atoms with E-state index in [9.17, 15) is 14.4 Å². The summed E-state index contributed by atoms with van der Waals surface area (Å²) in [4.78, 5) is 48.4. The second-order valence-corrected chi connectivity index (χ2v) is 9.46. The first-order valence-corrected chi connectivity index (χ1v) is 11.6. The fourth-order valence-corrected chi connectivity index (χ4v) is 3.67. The van der Waals surface area contributed by atoms with E-state index in [-0.39, 0.29) is 18.0 Å². The molecule has 1 aromatic heterocycles. The van der Waals surface area contributed by atoms with Crippen molar-refractivity contribution in [2.75, 3.05) is 26.3 Å². The molecule has 0 bridgehead atoms. The van der Waals surface area contributed by atoms with Crippen LogP contribution in [0.3, 0.4) is 0 Å². The summed E-state index contributed by atoms with van der Waals surface area (Å²) < 4.78 is 17.5. The van der Waals surface area contributed by atoms with Crippen LogP contribution in [-0.2, 0) is 23.6 Å². The molecule has 3 heterocycles. The van der Waals surface area contributed by atoms with Crippen molar-refractivity contribution in [1.29, 1.82) is 0 Å². The molecule has 0 saturated carbocycles. The molecule has 3 rings (SSSR count). The minimum absolute atomic E-state index is 0.0529. The lowest BCUT2D eigenvalue weighted by atomic mass is 9.76. The maximum Gasteiger partial charge on any atom is 0.481 e. The van der Waals surface area contributed by atoms with Gasteiger partial charge in [-0.05, 0) is 34.1 Å². The van der Waals surface area contributed by atoms with Gasteiger partial charge in [0.05, 0.1) is 43.0 Å². The standard InChI is InChI=1S/C22H34BN5O6/c1-6-17(23-33-21(2,3)22(4,5)34-23)27-19(30)15(13-18(29)28-9-11-32-12-10-28)26-20(31)16-14-24-7-8-25-16/h7-8,14-15,17H,6,9-13H2,1-5H3,(H,26,31)(H,27,30)/t15?,17-/m0/s1. The van der Waals surface area contributed by atoms with Gasteiger partial charge in [-0.15, -0.1) is 0 Å². The number of hydrogen-bond donors (Lipinski definition) is 2. The molecule has 2 aliphatic rings. The van der Waals surface area contributed by atoms with Crippen molar-refractivity contribution >= 4 is 24.8 Å². The highest BCUT2D eigenvalue weighted by molar-refractivity contribution is 6.48. The SMILES string of the molecule is CC[C@H](NC(=O)C(CC(=O)N1CCOCC1)NC(=O)c1cnccn1)B1OC(C)(C)C(C)(C)O1. The molecule has 186 valence electrons. The molecule has 34 heavy (non-hydrogen) atoms. The summed E-state index contributed by atoms with van der Waals surface area (Å²) in [6.45, 7) is 11.4. The molecule has 0 aromatic carbocycles. The van der Waals surface area contributed by atoms with Gasteiger partial charge < -0.3 is 29.6 Å². The van der Waals surface area contributed by atoms with Crippen LogP contribution in [0.5, 0.6) is 0 Å². The molecule has 12 heteroatoms. The highest BCUT2D eigenvalue weighted by Crippen LogP contribution is 2.37. The minimum Gasteiger partial charge on any atom is -0.402 e. The lowest BCUT2D eigenvalue weighted by molar-refractivity contribution is -0.138. The van der Waals surface area contributed by atoms with Crippen LogP contribution in [0, 0.1) is 0 Å². The van der Waals surface area contributed by atoms with E-state index in [1.807, 2.05) is 34.6 Å². The first-order chi connectivity index (χ1) is 16.0. The highest BCUT2D eigenvalue weighted by Gasteiger charge is 2.54. The van der Waals surface area contributed by atoms with Crippen molar-refractivity contribution in [2.45, 2.75) is 70.6 Å². The van der Waals surface area contributed by atoms with E-state index in [4.69, 9.17) is 14.0 Å². The Balaban J connectivity index is 1.73. The maximum absolute atomic E-state index is 13.3. The molecule has 1 unspecified atom stereocenters. The number of nitrogens with zero attached hydrogens (tertiary/aromatic N) is 3. The zero-order chi connectivity index (χ0) is 24.9. The molecule has 0 aliphatic carbocycles. The van der Waals surface area contributed by atoms with Gasteiger partial charge in [0.1, 0.15) is 11.7 Å². The molecule has 2 fully saturated rings. The van der Waals surface area contributed by atoms with Gasteiger partial charge >= 0.3 is 7.12 Å². The molecule has 2 N–H and O–H groups in total. The third-order valence-corrected chi connectivity index (χ3v) is 6.53. The van der Waals surface area contributed by atoms with Crippen LogP contribution < -0.4 is 10.6 Å². The summed E-state index contributed by atoms with van der Waals surface area (Å²) in [5.41, 5.74) is -1.05. The van der Waals surface area contributed by atoms with Gasteiger partial charge in [-0.25, -0.2) is 4.98 Å². The van der Waals surface area contributed by atoms with Crippen LogP contribution >= 0.6 is 0 Å². The van der Waals surface area contributed by atoms with E-state index in [1.54, 1.807) is 4.90 Å². The van der Waals surface area contributed by atoms with Crippen LogP contribution in [0.2, 0.25) is 0 Å². The molecule has 2 saturated heterocycles. The number of hydrogen-bond acceptors (Lipinski definition) is 8. The molecule has 0 radical (unpaired) electrons. The normalized spacial score (nSPS) is 21.0. The van der Waals surface area contributed by atoms with Crippen LogP contribution in [0.1, 0.15) is 57.9 Å². The Kier molecular flexibility index (Phi) is 8.27. The Morgan fingerprint density at radius 3 is 2.29 bits per heavy atom. The van der Waals surface area contributed by atoms with E-state index in [0.717, 1.165) is 0 Å². The Labute approximate surface area is 200 Å². The Morgan fingerprint density at radius 1 is 1.09 bits per heavy atom. The zero-order valence-electron chi connectivity index (χ0n) is 20.5. The number of rotatable bonds is 8. The minimum atomic E-state index is -1.11. The molecular weight excluding hydrogens is 441 g/mol. The quantitative estimate of drug-likeness (QED) is 0.515. The maximum atomic E-state index is 13.3. The lowest BCUT2D eigenvalue weighted by Gasteiger charge is -2.32. The second-order valence-electron chi connectivity index (χ2n) is 9.46. The average Bonchev–Trinajstić information content (AvgIpc) is 3.04. The highest BCUT2D eigenvalue weighted by atomic mass is 16.7. The smallest absolute Gasteiger partial charge is 0.402 e. The summed E-state index contributed by atoms with van der Waals surface area (Å²) in [5, 5.41) is 5.56. The third-order valence-electron chi connectivity index (χ3n) is 6.53. The van der Waals surface area contributed by atoms with Gasteiger partial charge in [0.2, 0.25) is 11.8 Å².